The lowest BCUT2D eigenvalue weighted by Crippen LogP contribution is -2.32. The van der Waals surface area contributed by atoms with Gasteiger partial charge >= 0.3 is 0 Å². The SMILES string of the molecule is Cc1nc(N2CC[C@@](O)(c3ccccc3C)C2)c2ccsc2n1. The van der Waals surface area contributed by atoms with Crippen molar-refractivity contribution in [3.8, 4) is 0 Å². The Kier molecular flexibility index (Phi) is 3.36. The fraction of sp³-hybridized carbons (Fsp3) is 0.333. The van der Waals surface area contributed by atoms with Gasteiger partial charge in [-0.3, -0.25) is 0 Å². The molecule has 1 aromatic carbocycles. The average molecular weight is 325 g/mol. The van der Waals surface area contributed by atoms with Crippen molar-refractivity contribution in [2.75, 3.05) is 18.0 Å². The van der Waals surface area contributed by atoms with Crippen molar-refractivity contribution >= 4 is 27.4 Å². The minimum Gasteiger partial charge on any atom is -0.383 e. The van der Waals surface area contributed by atoms with Gasteiger partial charge < -0.3 is 10.0 Å². The van der Waals surface area contributed by atoms with Crippen LogP contribution >= 0.6 is 11.3 Å². The fourth-order valence-electron chi connectivity index (χ4n) is 3.47. The van der Waals surface area contributed by atoms with Gasteiger partial charge in [-0.25, -0.2) is 9.97 Å². The number of anilines is 1. The number of fused-ring (bicyclic) bond motifs is 1. The maximum Gasteiger partial charge on any atom is 0.141 e. The predicted octanol–water partition coefficient (Wildman–Crippen LogP) is 3.41. The monoisotopic (exact) mass is 325 g/mol. The van der Waals surface area contributed by atoms with E-state index in [1.54, 1.807) is 11.3 Å². The molecule has 1 aliphatic rings. The van der Waals surface area contributed by atoms with Crippen molar-refractivity contribution in [2.24, 2.45) is 0 Å². The fourth-order valence-corrected chi connectivity index (χ4v) is 4.28. The summed E-state index contributed by atoms with van der Waals surface area (Å²) in [6, 6.07) is 10.2. The third kappa shape index (κ3) is 2.40. The van der Waals surface area contributed by atoms with Crippen molar-refractivity contribution in [2.45, 2.75) is 25.9 Å². The molecule has 3 heterocycles. The van der Waals surface area contributed by atoms with Gasteiger partial charge in [0.15, 0.2) is 0 Å². The summed E-state index contributed by atoms with van der Waals surface area (Å²) in [6.07, 6.45) is 0.715. The van der Waals surface area contributed by atoms with E-state index in [1.807, 2.05) is 30.5 Å². The maximum atomic E-state index is 11.2. The van der Waals surface area contributed by atoms with Gasteiger partial charge in [-0.1, -0.05) is 24.3 Å². The van der Waals surface area contributed by atoms with E-state index < -0.39 is 5.60 Å². The highest BCUT2D eigenvalue weighted by Gasteiger charge is 2.39. The van der Waals surface area contributed by atoms with Crippen LogP contribution in [0.15, 0.2) is 35.7 Å². The molecule has 1 saturated heterocycles. The lowest BCUT2D eigenvalue weighted by molar-refractivity contribution is 0.0600. The number of aliphatic hydroxyl groups is 1. The molecule has 0 aliphatic carbocycles. The van der Waals surface area contributed by atoms with Crippen molar-refractivity contribution in [3.63, 3.8) is 0 Å². The number of hydrogen-bond donors (Lipinski definition) is 1. The standard InChI is InChI=1S/C18H19N3OS/c1-12-5-3-4-6-15(12)18(22)8-9-21(11-18)16-14-7-10-23-17(14)20-13(2)19-16/h3-7,10,22H,8-9,11H2,1-2H3/t18-/m0/s1. The minimum atomic E-state index is -0.813. The molecule has 0 radical (unpaired) electrons. The van der Waals surface area contributed by atoms with Gasteiger partial charge in [-0.05, 0) is 42.8 Å². The zero-order valence-electron chi connectivity index (χ0n) is 13.3. The van der Waals surface area contributed by atoms with Gasteiger partial charge in [0, 0.05) is 6.54 Å². The van der Waals surface area contributed by atoms with Crippen LogP contribution < -0.4 is 4.90 Å². The van der Waals surface area contributed by atoms with Crippen LogP contribution in [0.4, 0.5) is 5.82 Å². The second-order valence-electron chi connectivity index (χ2n) is 6.25. The minimum absolute atomic E-state index is 0.569. The number of aryl methyl sites for hydroxylation is 2. The molecule has 0 unspecified atom stereocenters. The Bertz CT molecular complexity index is 876. The van der Waals surface area contributed by atoms with E-state index in [2.05, 4.69) is 33.9 Å². The predicted molar refractivity (Wildman–Crippen MR) is 94.1 cm³/mol. The van der Waals surface area contributed by atoms with Crippen LogP contribution in [0.3, 0.4) is 0 Å². The van der Waals surface area contributed by atoms with Crippen LogP contribution in [0, 0.1) is 13.8 Å². The summed E-state index contributed by atoms with van der Waals surface area (Å²) in [7, 11) is 0. The second-order valence-corrected chi connectivity index (χ2v) is 7.15. The van der Waals surface area contributed by atoms with Gasteiger partial charge in [0.25, 0.3) is 0 Å². The Labute approximate surface area is 139 Å². The van der Waals surface area contributed by atoms with Crippen LogP contribution in [0.1, 0.15) is 23.4 Å². The van der Waals surface area contributed by atoms with Crippen LogP contribution in [-0.2, 0) is 5.60 Å². The van der Waals surface area contributed by atoms with Gasteiger partial charge in [0.1, 0.15) is 22.1 Å². The molecule has 1 aliphatic heterocycles. The topological polar surface area (TPSA) is 49.2 Å². The second kappa shape index (κ2) is 5.28. The Morgan fingerprint density at radius 3 is 2.83 bits per heavy atom. The lowest BCUT2D eigenvalue weighted by atomic mass is 9.89. The van der Waals surface area contributed by atoms with E-state index in [9.17, 15) is 5.11 Å². The first-order chi connectivity index (χ1) is 11.1. The normalized spacial score (nSPS) is 21.3. The van der Waals surface area contributed by atoms with Gasteiger partial charge in [-0.15, -0.1) is 11.3 Å². The van der Waals surface area contributed by atoms with Crippen molar-refractivity contribution in [3.05, 3.63) is 52.7 Å². The summed E-state index contributed by atoms with van der Waals surface area (Å²) in [5.74, 6) is 1.72. The van der Waals surface area contributed by atoms with Crippen LogP contribution in [-0.4, -0.2) is 28.2 Å². The number of benzene rings is 1. The average Bonchev–Trinajstić information content (AvgIpc) is 3.14. The van der Waals surface area contributed by atoms with E-state index in [-0.39, 0.29) is 0 Å². The highest BCUT2D eigenvalue weighted by Crippen LogP contribution is 2.38. The lowest BCUT2D eigenvalue weighted by Gasteiger charge is -2.26. The molecule has 3 aromatic rings. The summed E-state index contributed by atoms with van der Waals surface area (Å²) < 4.78 is 0. The zero-order chi connectivity index (χ0) is 16.0. The third-order valence-electron chi connectivity index (χ3n) is 4.61. The molecule has 0 bridgehead atoms. The van der Waals surface area contributed by atoms with Crippen LogP contribution in [0.25, 0.3) is 10.2 Å². The summed E-state index contributed by atoms with van der Waals surface area (Å²) >= 11 is 1.63. The van der Waals surface area contributed by atoms with Crippen molar-refractivity contribution in [1.29, 1.82) is 0 Å². The van der Waals surface area contributed by atoms with Crippen LogP contribution in [0.5, 0.6) is 0 Å². The smallest absolute Gasteiger partial charge is 0.141 e. The Hall–Kier alpha value is -1.98. The summed E-state index contributed by atoms with van der Waals surface area (Å²) in [5, 5.41) is 14.3. The number of nitrogens with zero attached hydrogens (tertiary/aromatic N) is 3. The number of hydrogen-bond acceptors (Lipinski definition) is 5. The van der Waals surface area contributed by atoms with Crippen molar-refractivity contribution < 1.29 is 5.11 Å². The molecule has 0 saturated carbocycles. The molecule has 0 amide bonds. The number of β-amino-alcohol motifs (C(OH)–C–C–N with tert-alkyl or cyclic N) is 1. The highest BCUT2D eigenvalue weighted by atomic mass is 32.1. The van der Waals surface area contributed by atoms with Crippen molar-refractivity contribution in [1.82, 2.24) is 9.97 Å². The molecule has 1 N–H and O–H groups in total. The highest BCUT2D eigenvalue weighted by molar-refractivity contribution is 7.16. The molecule has 2 aromatic heterocycles. The number of thiophene rings is 1. The first-order valence-corrected chi connectivity index (χ1v) is 8.70. The quantitative estimate of drug-likeness (QED) is 0.784. The van der Waals surface area contributed by atoms with Crippen LogP contribution in [0.2, 0.25) is 0 Å². The van der Waals surface area contributed by atoms with Gasteiger partial charge in [0.05, 0.1) is 11.9 Å². The van der Waals surface area contributed by atoms with E-state index >= 15 is 0 Å². The molecule has 1 fully saturated rings. The number of rotatable bonds is 2. The largest absolute Gasteiger partial charge is 0.383 e. The molecule has 118 valence electrons. The molecule has 5 heteroatoms. The third-order valence-corrected chi connectivity index (χ3v) is 5.42. The maximum absolute atomic E-state index is 11.2. The number of aromatic nitrogens is 2. The first-order valence-electron chi connectivity index (χ1n) is 7.82. The Balaban J connectivity index is 1.73. The molecule has 0 spiro atoms. The molecule has 4 rings (SSSR count). The molecular weight excluding hydrogens is 306 g/mol. The summed E-state index contributed by atoms with van der Waals surface area (Å²) in [5.41, 5.74) is 1.35. The first kappa shape index (κ1) is 14.6. The van der Waals surface area contributed by atoms with E-state index in [4.69, 9.17) is 0 Å². The van der Waals surface area contributed by atoms with E-state index in [0.29, 0.717) is 13.0 Å². The van der Waals surface area contributed by atoms with E-state index in [0.717, 1.165) is 39.5 Å². The zero-order valence-corrected chi connectivity index (χ0v) is 14.1. The summed E-state index contributed by atoms with van der Waals surface area (Å²) in [4.78, 5) is 12.3. The molecular formula is C18H19N3OS. The van der Waals surface area contributed by atoms with E-state index in [1.165, 1.54) is 0 Å². The molecule has 1 atom stereocenters. The molecule has 23 heavy (non-hydrogen) atoms. The Morgan fingerprint density at radius 2 is 2.00 bits per heavy atom. The Morgan fingerprint density at radius 1 is 1.17 bits per heavy atom. The molecule has 4 nitrogen and oxygen atoms in total. The van der Waals surface area contributed by atoms with Gasteiger partial charge in [-0.2, -0.15) is 0 Å². The summed E-state index contributed by atoms with van der Waals surface area (Å²) in [6.45, 7) is 5.35. The van der Waals surface area contributed by atoms with Gasteiger partial charge in [0.2, 0.25) is 0 Å².